The van der Waals surface area contributed by atoms with E-state index < -0.39 is 18.9 Å². The number of rotatable bonds is 7. The van der Waals surface area contributed by atoms with Gasteiger partial charge in [-0.1, -0.05) is 81.9 Å². The average Bonchev–Trinajstić information content (AvgIpc) is 3.54. The fourth-order valence-electron chi connectivity index (χ4n) is 5.72. The van der Waals surface area contributed by atoms with Crippen molar-refractivity contribution in [2.24, 2.45) is 11.8 Å². The van der Waals surface area contributed by atoms with Crippen LogP contribution in [0.1, 0.15) is 82.3 Å². The number of fused-ring (bicyclic) bond motifs is 4. The fourth-order valence-corrected chi connectivity index (χ4v) is 5.72. The van der Waals surface area contributed by atoms with Crippen LogP contribution in [0, 0.1) is 24.8 Å². The summed E-state index contributed by atoms with van der Waals surface area (Å²) in [7, 11) is 0. The molecule has 2 heterocycles. The monoisotopic (exact) mass is 775 g/mol. The summed E-state index contributed by atoms with van der Waals surface area (Å²) in [4.78, 5) is 15.8. The van der Waals surface area contributed by atoms with Gasteiger partial charge in [0.15, 0.2) is 5.78 Å². The van der Waals surface area contributed by atoms with Crippen molar-refractivity contribution in [1.82, 2.24) is 4.98 Å². The number of furan rings is 1. The summed E-state index contributed by atoms with van der Waals surface area (Å²) < 4.78 is 52.8. The van der Waals surface area contributed by atoms with E-state index in [4.69, 9.17) is 9.90 Å². The van der Waals surface area contributed by atoms with E-state index in [1.165, 1.54) is 6.08 Å². The Labute approximate surface area is 278 Å². The molecule has 0 spiro atoms. The summed E-state index contributed by atoms with van der Waals surface area (Å²) in [6.07, 6.45) is 4.28. The Balaban J connectivity index is 0.000000319. The number of para-hydroxylation sites is 1. The van der Waals surface area contributed by atoms with Crippen molar-refractivity contribution in [3.8, 4) is 11.3 Å². The number of aliphatic hydroxyl groups is 1. The van der Waals surface area contributed by atoms with Crippen molar-refractivity contribution in [2.45, 2.75) is 78.7 Å². The molecular weight excluding hydrogens is 730 g/mol. The Morgan fingerprint density at radius 2 is 1.86 bits per heavy atom. The van der Waals surface area contributed by atoms with Crippen molar-refractivity contribution in [1.29, 1.82) is 0 Å². The minimum absolute atomic E-state index is 0. The van der Waals surface area contributed by atoms with E-state index in [-0.39, 0.29) is 43.6 Å². The number of benzene rings is 3. The van der Waals surface area contributed by atoms with Gasteiger partial charge in [-0.2, -0.15) is 0 Å². The maximum absolute atomic E-state index is 13.9. The molecular formula is C38H41FIrNO3-. The first kappa shape index (κ1) is 28.2. The summed E-state index contributed by atoms with van der Waals surface area (Å²) in [5.41, 5.74) is 3.13. The third-order valence-corrected chi connectivity index (χ3v) is 7.60. The number of carbonyl (C=O) groups is 1. The molecule has 6 rings (SSSR count). The van der Waals surface area contributed by atoms with Crippen LogP contribution in [0.5, 0.6) is 0 Å². The van der Waals surface area contributed by atoms with Gasteiger partial charge >= 0.3 is 0 Å². The summed E-state index contributed by atoms with van der Waals surface area (Å²) in [6.45, 7) is 5.66. The zero-order valence-electron chi connectivity index (χ0n) is 29.5. The first-order valence-corrected chi connectivity index (χ1v) is 15.0. The number of aromatic nitrogens is 1. The second kappa shape index (κ2) is 14.6. The van der Waals surface area contributed by atoms with Crippen LogP contribution < -0.4 is 0 Å². The SMILES string of the molecule is CC(C)CC(=O)/C=C(\O)CC(C)C.[2H]C([2H])([2H])c1[c-]c(-c2nccc3cc(C4([2H])CCC(F)C4)ccc23)c2oc3ccccc3c2c1.[Ir]. The number of halogens is 1. The quantitative estimate of drug-likeness (QED) is 0.102. The number of hydrogen-bond donors (Lipinski definition) is 1. The molecule has 1 aliphatic rings. The number of nitrogens with zero attached hydrogens (tertiary/aromatic N) is 1. The van der Waals surface area contributed by atoms with Gasteiger partial charge in [0.1, 0.15) is 11.8 Å². The van der Waals surface area contributed by atoms with Gasteiger partial charge < -0.3 is 14.5 Å². The normalized spacial score (nSPS) is 20.2. The molecule has 2 atom stereocenters. The van der Waals surface area contributed by atoms with E-state index in [1.54, 1.807) is 12.3 Å². The van der Waals surface area contributed by atoms with Gasteiger partial charge in [-0.05, 0) is 71.2 Å². The molecule has 233 valence electrons. The Hall–Kier alpha value is -3.34. The van der Waals surface area contributed by atoms with Crippen LogP contribution >= 0.6 is 0 Å². The molecule has 0 bridgehead atoms. The van der Waals surface area contributed by atoms with Crippen molar-refractivity contribution in [2.75, 3.05) is 0 Å². The Bertz CT molecular complexity index is 1950. The summed E-state index contributed by atoms with van der Waals surface area (Å²) in [6, 6.07) is 19.8. The van der Waals surface area contributed by atoms with E-state index in [2.05, 4.69) is 11.1 Å². The van der Waals surface area contributed by atoms with E-state index >= 15 is 0 Å². The van der Waals surface area contributed by atoms with Gasteiger partial charge in [0.2, 0.25) is 0 Å². The first-order chi connectivity index (χ1) is 22.1. The van der Waals surface area contributed by atoms with E-state index in [9.17, 15) is 14.3 Å². The van der Waals surface area contributed by atoms with Gasteiger partial charge in [0.05, 0.1) is 11.3 Å². The van der Waals surface area contributed by atoms with Crippen LogP contribution in [0.15, 0.2) is 77.0 Å². The van der Waals surface area contributed by atoms with Crippen LogP contribution in [-0.4, -0.2) is 22.0 Å². The molecule has 2 aromatic heterocycles. The Morgan fingerprint density at radius 1 is 1.09 bits per heavy atom. The predicted molar refractivity (Wildman–Crippen MR) is 174 cm³/mol. The molecule has 0 saturated heterocycles. The molecule has 1 saturated carbocycles. The van der Waals surface area contributed by atoms with Gasteiger partial charge in [0, 0.05) is 56.1 Å². The Kier molecular flexibility index (Phi) is 9.36. The minimum Gasteiger partial charge on any atom is -0.512 e. The van der Waals surface area contributed by atoms with Crippen LogP contribution in [-0.2, 0) is 24.9 Å². The average molecular weight is 775 g/mol. The third-order valence-electron chi connectivity index (χ3n) is 7.60. The molecule has 0 aliphatic heterocycles. The smallest absolute Gasteiger partial charge is 0.159 e. The number of carbonyl (C=O) groups excluding carboxylic acids is 1. The molecule has 0 amide bonds. The number of aliphatic hydroxyl groups excluding tert-OH is 1. The number of pyridine rings is 1. The number of ketones is 1. The molecule has 3 aromatic carbocycles. The summed E-state index contributed by atoms with van der Waals surface area (Å²) in [5.74, 6) is 0.0450. The van der Waals surface area contributed by atoms with Crippen molar-refractivity contribution >= 4 is 38.5 Å². The molecule has 2 unspecified atom stereocenters. The molecule has 1 N–H and O–H groups in total. The van der Waals surface area contributed by atoms with Crippen molar-refractivity contribution < 1.29 is 44.3 Å². The Morgan fingerprint density at radius 3 is 2.57 bits per heavy atom. The van der Waals surface area contributed by atoms with Crippen molar-refractivity contribution in [3.63, 3.8) is 0 Å². The first-order valence-electron chi connectivity index (χ1n) is 17.0. The van der Waals surface area contributed by atoms with Gasteiger partial charge in [-0.3, -0.25) is 4.79 Å². The maximum atomic E-state index is 13.9. The van der Waals surface area contributed by atoms with E-state index in [0.717, 1.165) is 21.7 Å². The fraction of sp³-hybridized carbons (Fsp3) is 0.368. The number of allylic oxidation sites excluding steroid dienone is 2. The molecule has 5 aromatic rings. The zero-order chi connectivity index (χ0) is 34.1. The number of alkyl halides is 1. The number of hydrogen-bond acceptors (Lipinski definition) is 4. The molecule has 6 heteroatoms. The largest absolute Gasteiger partial charge is 0.512 e. The van der Waals surface area contributed by atoms with Crippen LogP contribution in [0.2, 0.25) is 0 Å². The van der Waals surface area contributed by atoms with Crippen LogP contribution in [0.25, 0.3) is 44.0 Å². The van der Waals surface area contributed by atoms with Crippen LogP contribution in [0.4, 0.5) is 4.39 Å². The van der Waals surface area contributed by atoms with Gasteiger partial charge in [-0.25, -0.2) is 4.39 Å². The topological polar surface area (TPSA) is 63.3 Å². The predicted octanol–water partition coefficient (Wildman–Crippen LogP) is 10.6. The second-order valence-electron chi connectivity index (χ2n) is 12.2. The standard InChI is InChI=1S/C27H21FNO.C11H20O2.Ir/c1-16-12-23-22-4-2-3-5-25(22)30-27(23)24(13-16)26-21-9-7-17(14-19(21)10-11-29-26)18-6-8-20(28)15-18;1-8(2)5-10(12)7-11(13)6-9(3)4;/h2-5,7,9-12,14,18,20H,6,8,15H2,1H3;7-9,12H,5-6H2,1-4H3;/q-1;;/b;10-7-;/i1D3,18D;;. The maximum Gasteiger partial charge on any atom is 0.159 e. The molecule has 1 fully saturated rings. The second-order valence-corrected chi connectivity index (χ2v) is 12.2. The molecule has 1 aliphatic carbocycles. The van der Waals surface area contributed by atoms with Gasteiger partial charge in [-0.15, -0.1) is 17.7 Å². The molecule has 4 nitrogen and oxygen atoms in total. The molecule has 44 heavy (non-hydrogen) atoms. The van der Waals surface area contributed by atoms with Gasteiger partial charge in [0.25, 0.3) is 0 Å². The van der Waals surface area contributed by atoms with Crippen molar-refractivity contribution in [3.05, 3.63) is 89.8 Å². The summed E-state index contributed by atoms with van der Waals surface area (Å²) in [5, 5.41) is 12.5. The minimum atomic E-state index is -2.35. The molecule has 1 radical (unpaired) electrons. The number of aryl methyl sites for hydroxylation is 1. The van der Waals surface area contributed by atoms with Crippen LogP contribution in [0.3, 0.4) is 0 Å². The van der Waals surface area contributed by atoms with E-state index in [1.807, 2.05) is 76.2 Å². The zero-order valence-corrected chi connectivity index (χ0v) is 27.9. The van der Waals surface area contributed by atoms with E-state index in [0.29, 0.717) is 65.3 Å². The summed E-state index contributed by atoms with van der Waals surface area (Å²) >= 11 is 0. The third kappa shape index (κ3) is 7.83.